The molecule has 1 saturated heterocycles. The fourth-order valence-corrected chi connectivity index (χ4v) is 3.42. The lowest BCUT2D eigenvalue weighted by Crippen LogP contribution is -2.34. The summed E-state index contributed by atoms with van der Waals surface area (Å²) in [6, 6.07) is 6.90. The van der Waals surface area contributed by atoms with Crippen LogP contribution in [0.25, 0.3) is 0 Å². The Labute approximate surface area is 131 Å². The molecule has 1 aromatic rings. The third-order valence-corrected chi connectivity index (χ3v) is 4.97. The number of halogens is 3. The van der Waals surface area contributed by atoms with E-state index in [1.807, 2.05) is 4.90 Å². The van der Waals surface area contributed by atoms with Gasteiger partial charge in [-0.25, -0.2) is 0 Å². The average molecular weight is 330 g/mol. The van der Waals surface area contributed by atoms with Gasteiger partial charge in [-0.2, -0.15) is 13.2 Å². The van der Waals surface area contributed by atoms with Crippen LogP contribution in [0.5, 0.6) is 0 Å². The van der Waals surface area contributed by atoms with Crippen LogP contribution < -0.4 is 5.32 Å². The number of nitrogens with one attached hydrogen (secondary N) is 1. The van der Waals surface area contributed by atoms with Crippen molar-refractivity contribution in [3.63, 3.8) is 0 Å². The van der Waals surface area contributed by atoms with E-state index in [0.717, 1.165) is 31.1 Å². The standard InChI is InChI=1S/C15H17F3N2OS/c16-15(17,18)9-22-13-4-2-1-3-11(13)19-12-7-8-20(14(12)21)10-5-6-10/h1-4,10,12,19H,5-9H2/t12-/m0/s1. The molecule has 3 nitrogen and oxygen atoms in total. The van der Waals surface area contributed by atoms with Crippen LogP contribution in [0.4, 0.5) is 18.9 Å². The number of nitrogens with zero attached hydrogens (tertiary/aromatic N) is 1. The molecule has 1 amide bonds. The lowest BCUT2D eigenvalue weighted by Gasteiger charge is -2.18. The summed E-state index contributed by atoms with van der Waals surface area (Å²) in [5.74, 6) is -0.864. The van der Waals surface area contributed by atoms with Crippen LogP contribution in [0.2, 0.25) is 0 Å². The summed E-state index contributed by atoms with van der Waals surface area (Å²) in [6.45, 7) is 0.735. The lowest BCUT2D eigenvalue weighted by atomic mass is 10.2. The van der Waals surface area contributed by atoms with E-state index in [4.69, 9.17) is 0 Å². The average Bonchev–Trinajstić information content (AvgIpc) is 3.23. The van der Waals surface area contributed by atoms with Gasteiger partial charge in [-0.15, -0.1) is 11.8 Å². The summed E-state index contributed by atoms with van der Waals surface area (Å²) in [4.78, 5) is 14.7. The van der Waals surface area contributed by atoms with Crippen molar-refractivity contribution in [1.82, 2.24) is 4.90 Å². The fraction of sp³-hybridized carbons (Fsp3) is 0.533. The normalized spacial score (nSPS) is 22.2. The highest BCUT2D eigenvalue weighted by Crippen LogP contribution is 2.35. The van der Waals surface area contributed by atoms with Crippen LogP contribution in [0.1, 0.15) is 19.3 Å². The van der Waals surface area contributed by atoms with Gasteiger partial charge < -0.3 is 10.2 Å². The minimum atomic E-state index is -4.20. The molecule has 22 heavy (non-hydrogen) atoms. The van der Waals surface area contributed by atoms with Gasteiger partial charge in [0.15, 0.2) is 0 Å². The van der Waals surface area contributed by atoms with Gasteiger partial charge in [0.25, 0.3) is 0 Å². The lowest BCUT2D eigenvalue weighted by molar-refractivity contribution is -0.128. The summed E-state index contributed by atoms with van der Waals surface area (Å²) >= 11 is 0.746. The highest BCUT2D eigenvalue weighted by molar-refractivity contribution is 7.99. The molecule has 2 fully saturated rings. The highest BCUT2D eigenvalue weighted by atomic mass is 32.2. The van der Waals surface area contributed by atoms with Gasteiger partial charge in [0.05, 0.1) is 5.75 Å². The maximum absolute atomic E-state index is 12.4. The number of likely N-dealkylation sites (tertiary alicyclic amines) is 1. The van der Waals surface area contributed by atoms with E-state index in [9.17, 15) is 18.0 Å². The molecule has 1 heterocycles. The molecule has 1 atom stereocenters. The van der Waals surface area contributed by atoms with Gasteiger partial charge in [-0.05, 0) is 31.4 Å². The summed E-state index contributed by atoms with van der Waals surface area (Å²) < 4.78 is 37.2. The number of rotatable bonds is 5. The largest absolute Gasteiger partial charge is 0.398 e. The molecule has 7 heteroatoms. The number of thioether (sulfide) groups is 1. The van der Waals surface area contributed by atoms with Gasteiger partial charge in [0, 0.05) is 23.2 Å². The topological polar surface area (TPSA) is 32.3 Å². The van der Waals surface area contributed by atoms with Crippen LogP contribution in [0.15, 0.2) is 29.2 Å². The molecule has 2 aliphatic rings. The summed E-state index contributed by atoms with van der Waals surface area (Å²) in [5.41, 5.74) is 0.604. The van der Waals surface area contributed by atoms with E-state index in [2.05, 4.69) is 5.32 Å². The maximum Gasteiger partial charge on any atom is 0.398 e. The molecular formula is C15H17F3N2OS. The Hall–Kier alpha value is -1.37. The molecule has 1 N–H and O–H groups in total. The number of hydrogen-bond acceptors (Lipinski definition) is 3. The van der Waals surface area contributed by atoms with Crippen LogP contribution in [0.3, 0.4) is 0 Å². The number of anilines is 1. The van der Waals surface area contributed by atoms with E-state index in [-0.39, 0.29) is 11.9 Å². The molecule has 0 radical (unpaired) electrons. The number of alkyl halides is 3. The molecule has 1 aliphatic heterocycles. The minimum absolute atomic E-state index is 0.0677. The van der Waals surface area contributed by atoms with E-state index in [0.29, 0.717) is 23.0 Å². The first-order valence-electron chi connectivity index (χ1n) is 7.29. The fourth-order valence-electron chi connectivity index (χ4n) is 2.64. The zero-order chi connectivity index (χ0) is 15.7. The number of carbonyl (C=O) groups is 1. The van der Waals surface area contributed by atoms with Crippen molar-refractivity contribution < 1.29 is 18.0 Å². The predicted octanol–water partition coefficient (Wildman–Crippen LogP) is 3.52. The quantitative estimate of drug-likeness (QED) is 0.839. The van der Waals surface area contributed by atoms with Crippen LogP contribution in [-0.2, 0) is 4.79 Å². The first-order valence-corrected chi connectivity index (χ1v) is 8.28. The van der Waals surface area contributed by atoms with Crippen molar-refractivity contribution in [1.29, 1.82) is 0 Å². The Bertz CT molecular complexity index is 560. The number of para-hydroxylation sites is 1. The first-order chi connectivity index (χ1) is 10.4. The molecule has 0 spiro atoms. The number of carbonyl (C=O) groups excluding carboxylic acids is 1. The zero-order valence-electron chi connectivity index (χ0n) is 11.9. The smallest absolute Gasteiger partial charge is 0.373 e. The van der Waals surface area contributed by atoms with Crippen molar-refractivity contribution in [3.8, 4) is 0 Å². The zero-order valence-corrected chi connectivity index (χ0v) is 12.7. The SMILES string of the molecule is O=C1[C@@H](Nc2ccccc2SCC(F)(F)F)CCN1C1CC1. The molecule has 1 saturated carbocycles. The van der Waals surface area contributed by atoms with Crippen molar-refractivity contribution in [2.24, 2.45) is 0 Å². The van der Waals surface area contributed by atoms with Crippen molar-refractivity contribution in [2.45, 2.75) is 42.4 Å². The Morgan fingerprint density at radius 3 is 2.64 bits per heavy atom. The van der Waals surface area contributed by atoms with Crippen LogP contribution in [-0.4, -0.2) is 41.4 Å². The minimum Gasteiger partial charge on any atom is -0.373 e. The van der Waals surface area contributed by atoms with Gasteiger partial charge in [0.2, 0.25) is 5.91 Å². The molecule has 120 valence electrons. The van der Waals surface area contributed by atoms with Crippen molar-refractivity contribution >= 4 is 23.4 Å². The Balaban J connectivity index is 1.66. The van der Waals surface area contributed by atoms with E-state index < -0.39 is 11.9 Å². The van der Waals surface area contributed by atoms with Gasteiger partial charge in [0.1, 0.15) is 6.04 Å². The van der Waals surface area contributed by atoms with Gasteiger partial charge >= 0.3 is 6.18 Å². The second-order valence-electron chi connectivity index (χ2n) is 5.65. The molecule has 3 rings (SSSR count). The van der Waals surface area contributed by atoms with E-state index in [1.165, 1.54) is 0 Å². The van der Waals surface area contributed by atoms with Crippen molar-refractivity contribution in [3.05, 3.63) is 24.3 Å². The first kappa shape index (κ1) is 15.5. The number of hydrogen-bond donors (Lipinski definition) is 1. The maximum atomic E-state index is 12.4. The van der Waals surface area contributed by atoms with Crippen LogP contribution >= 0.6 is 11.8 Å². The Morgan fingerprint density at radius 2 is 1.95 bits per heavy atom. The summed E-state index contributed by atoms with van der Waals surface area (Å²) in [6.07, 6.45) is -1.37. The molecular weight excluding hydrogens is 313 g/mol. The third-order valence-electron chi connectivity index (χ3n) is 3.84. The highest BCUT2D eigenvalue weighted by Gasteiger charge is 2.40. The Kier molecular flexibility index (Phi) is 4.25. The number of benzene rings is 1. The third kappa shape index (κ3) is 3.69. The molecule has 1 aromatic carbocycles. The molecule has 0 aromatic heterocycles. The van der Waals surface area contributed by atoms with Gasteiger partial charge in [-0.3, -0.25) is 4.79 Å². The van der Waals surface area contributed by atoms with Gasteiger partial charge in [-0.1, -0.05) is 12.1 Å². The molecule has 0 bridgehead atoms. The number of amides is 1. The van der Waals surface area contributed by atoms with Crippen LogP contribution in [0, 0.1) is 0 Å². The van der Waals surface area contributed by atoms with E-state index >= 15 is 0 Å². The Morgan fingerprint density at radius 1 is 1.23 bits per heavy atom. The van der Waals surface area contributed by atoms with E-state index in [1.54, 1.807) is 24.3 Å². The summed E-state index contributed by atoms with van der Waals surface area (Å²) in [7, 11) is 0. The molecule has 0 unspecified atom stereocenters. The predicted molar refractivity (Wildman–Crippen MR) is 80.0 cm³/mol. The van der Waals surface area contributed by atoms with Crippen molar-refractivity contribution in [2.75, 3.05) is 17.6 Å². The summed E-state index contributed by atoms with van der Waals surface area (Å²) in [5, 5.41) is 3.13. The molecule has 1 aliphatic carbocycles. The second kappa shape index (κ2) is 6.02. The monoisotopic (exact) mass is 330 g/mol. The second-order valence-corrected chi connectivity index (χ2v) is 6.67.